The van der Waals surface area contributed by atoms with Crippen molar-refractivity contribution in [3.63, 3.8) is 0 Å². The molecule has 0 atom stereocenters. The molecule has 3 aromatic rings. The molecule has 150 valence electrons. The number of anilines is 1. The van der Waals surface area contributed by atoms with Crippen LogP contribution in [0.25, 0.3) is 10.8 Å². The van der Waals surface area contributed by atoms with Crippen molar-refractivity contribution in [1.29, 1.82) is 0 Å². The van der Waals surface area contributed by atoms with E-state index in [4.69, 9.17) is 0 Å². The molecule has 5 rings (SSSR count). The number of phenols is 1. The van der Waals surface area contributed by atoms with E-state index < -0.39 is 0 Å². The Morgan fingerprint density at radius 3 is 2.70 bits per heavy atom. The number of carbonyl (C=O) groups excluding carboxylic acids is 2. The third-order valence-electron chi connectivity index (χ3n) is 6.16. The largest absolute Gasteiger partial charge is 0.508 e. The summed E-state index contributed by atoms with van der Waals surface area (Å²) in [5.74, 6) is 0.382. The van der Waals surface area contributed by atoms with Crippen LogP contribution in [0.2, 0.25) is 0 Å². The van der Waals surface area contributed by atoms with Gasteiger partial charge < -0.3 is 14.9 Å². The summed E-state index contributed by atoms with van der Waals surface area (Å²) in [7, 11) is 0. The first-order valence-corrected chi connectivity index (χ1v) is 10.1. The van der Waals surface area contributed by atoms with Crippen LogP contribution < -0.4 is 4.90 Å². The van der Waals surface area contributed by atoms with E-state index >= 15 is 0 Å². The van der Waals surface area contributed by atoms with E-state index in [1.54, 1.807) is 21.9 Å². The summed E-state index contributed by atoms with van der Waals surface area (Å²) in [5.41, 5.74) is 3.66. The van der Waals surface area contributed by atoms with Crippen LogP contribution in [-0.4, -0.2) is 41.5 Å². The van der Waals surface area contributed by atoms with Crippen LogP contribution >= 0.6 is 0 Å². The number of fused-ring (bicyclic) bond motifs is 2. The lowest BCUT2D eigenvalue weighted by Gasteiger charge is -2.39. The minimum absolute atomic E-state index is 0.0339. The summed E-state index contributed by atoms with van der Waals surface area (Å²) in [6.07, 6.45) is 2.10. The van der Waals surface area contributed by atoms with Gasteiger partial charge in [0.2, 0.25) is 5.91 Å². The van der Waals surface area contributed by atoms with Crippen LogP contribution in [0.1, 0.15) is 27.4 Å². The highest BCUT2D eigenvalue weighted by Crippen LogP contribution is 2.35. The van der Waals surface area contributed by atoms with Gasteiger partial charge in [0, 0.05) is 42.6 Å². The number of amides is 2. The first kappa shape index (κ1) is 18.4. The maximum Gasteiger partial charge on any atom is 0.258 e. The van der Waals surface area contributed by atoms with Gasteiger partial charge in [0.25, 0.3) is 5.91 Å². The third kappa shape index (κ3) is 2.94. The number of rotatable bonds is 3. The van der Waals surface area contributed by atoms with Gasteiger partial charge in [-0.2, -0.15) is 0 Å². The average molecular weight is 398 g/mol. The van der Waals surface area contributed by atoms with Crippen molar-refractivity contribution in [3.8, 4) is 5.75 Å². The van der Waals surface area contributed by atoms with Crippen molar-refractivity contribution < 1.29 is 14.7 Å². The molecule has 1 saturated heterocycles. The maximum absolute atomic E-state index is 13.3. The maximum atomic E-state index is 13.3. The topological polar surface area (TPSA) is 60.9 Å². The van der Waals surface area contributed by atoms with Crippen molar-refractivity contribution in [2.75, 3.05) is 24.5 Å². The standard InChI is InChI=1S/C25H22N2O3/c1-2-24(29)26-14-19(15-26)16-7-8-22-18(11-16)9-10-27(25(22)30)23-13-20(28)12-17-5-3-4-6-21(17)23/h2-8,11-13,19,28H,1,9-10,14-15H2. The summed E-state index contributed by atoms with van der Waals surface area (Å²) in [6.45, 7) is 5.49. The van der Waals surface area contributed by atoms with E-state index in [0.29, 0.717) is 31.1 Å². The van der Waals surface area contributed by atoms with Crippen LogP contribution in [0, 0.1) is 0 Å². The van der Waals surface area contributed by atoms with Crippen molar-refractivity contribution in [3.05, 3.63) is 83.9 Å². The predicted molar refractivity (Wildman–Crippen MR) is 117 cm³/mol. The fraction of sp³-hybridized carbons (Fsp3) is 0.200. The van der Waals surface area contributed by atoms with Crippen molar-refractivity contribution >= 4 is 28.3 Å². The lowest BCUT2D eigenvalue weighted by molar-refractivity contribution is -0.130. The first-order valence-electron chi connectivity index (χ1n) is 10.1. The Morgan fingerprint density at radius 2 is 1.90 bits per heavy atom. The van der Waals surface area contributed by atoms with Gasteiger partial charge in [0.15, 0.2) is 0 Å². The summed E-state index contributed by atoms with van der Waals surface area (Å²) in [5, 5.41) is 12.0. The monoisotopic (exact) mass is 398 g/mol. The molecule has 1 N–H and O–H groups in total. The molecule has 0 saturated carbocycles. The van der Waals surface area contributed by atoms with Crippen LogP contribution in [-0.2, 0) is 11.2 Å². The van der Waals surface area contributed by atoms with Crippen LogP contribution in [0.5, 0.6) is 5.75 Å². The van der Waals surface area contributed by atoms with Crippen molar-refractivity contribution in [1.82, 2.24) is 4.90 Å². The predicted octanol–water partition coefficient (Wildman–Crippen LogP) is 3.86. The quantitative estimate of drug-likeness (QED) is 0.682. The van der Waals surface area contributed by atoms with Crippen LogP contribution in [0.3, 0.4) is 0 Å². The SMILES string of the molecule is C=CC(=O)N1CC(c2ccc3c(c2)CCN(c2cc(O)cc4ccccc24)C3=O)C1. The summed E-state index contributed by atoms with van der Waals surface area (Å²) in [4.78, 5) is 28.5. The molecule has 0 spiro atoms. The van der Waals surface area contributed by atoms with Gasteiger partial charge in [-0.3, -0.25) is 9.59 Å². The lowest BCUT2D eigenvalue weighted by atomic mass is 9.87. The molecule has 2 amide bonds. The third-order valence-corrected chi connectivity index (χ3v) is 6.16. The minimum atomic E-state index is -0.0457. The van der Waals surface area contributed by atoms with Crippen molar-refractivity contribution in [2.45, 2.75) is 12.3 Å². The zero-order valence-electron chi connectivity index (χ0n) is 16.5. The van der Waals surface area contributed by atoms with Gasteiger partial charge >= 0.3 is 0 Å². The molecule has 1 fully saturated rings. The highest BCUT2D eigenvalue weighted by molar-refractivity contribution is 6.12. The number of carbonyl (C=O) groups is 2. The van der Waals surface area contributed by atoms with E-state index in [9.17, 15) is 14.7 Å². The zero-order valence-corrected chi connectivity index (χ0v) is 16.5. The van der Waals surface area contributed by atoms with Gasteiger partial charge in [0.05, 0.1) is 5.69 Å². The van der Waals surface area contributed by atoms with E-state index in [0.717, 1.165) is 28.4 Å². The highest BCUT2D eigenvalue weighted by Gasteiger charge is 2.32. The van der Waals surface area contributed by atoms with Crippen LogP contribution in [0.15, 0.2) is 67.3 Å². The Bertz CT molecular complexity index is 1190. The van der Waals surface area contributed by atoms with Gasteiger partial charge in [-0.25, -0.2) is 0 Å². The molecule has 2 heterocycles. The second-order valence-electron chi connectivity index (χ2n) is 7.95. The summed E-state index contributed by atoms with van der Waals surface area (Å²) >= 11 is 0. The molecule has 5 nitrogen and oxygen atoms in total. The fourth-order valence-corrected chi connectivity index (χ4v) is 4.49. The Labute approximate surface area is 174 Å². The average Bonchev–Trinajstić information content (AvgIpc) is 2.72. The fourth-order valence-electron chi connectivity index (χ4n) is 4.49. The molecular formula is C25H22N2O3. The second kappa shape index (κ2) is 7.02. The zero-order chi connectivity index (χ0) is 20.8. The number of hydrogen-bond donors (Lipinski definition) is 1. The Kier molecular flexibility index (Phi) is 4.31. The lowest BCUT2D eigenvalue weighted by Crippen LogP contribution is -2.47. The molecule has 0 bridgehead atoms. The highest BCUT2D eigenvalue weighted by atomic mass is 16.3. The molecule has 2 aliphatic rings. The van der Waals surface area contributed by atoms with Gasteiger partial charge in [-0.1, -0.05) is 43.0 Å². The van der Waals surface area contributed by atoms with Gasteiger partial charge in [-0.05, 0) is 41.1 Å². The minimum Gasteiger partial charge on any atom is -0.508 e. The number of nitrogens with zero attached hydrogens (tertiary/aromatic N) is 2. The molecule has 30 heavy (non-hydrogen) atoms. The van der Waals surface area contributed by atoms with E-state index in [-0.39, 0.29) is 17.6 Å². The Hall–Kier alpha value is -3.60. The molecule has 2 aliphatic heterocycles. The first-order chi connectivity index (χ1) is 14.5. The molecule has 3 aromatic carbocycles. The van der Waals surface area contributed by atoms with Gasteiger partial charge in [0.1, 0.15) is 5.75 Å². The summed E-state index contributed by atoms with van der Waals surface area (Å²) < 4.78 is 0. The van der Waals surface area contributed by atoms with E-state index in [1.165, 1.54) is 11.6 Å². The van der Waals surface area contributed by atoms with E-state index in [1.807, 2.05) is 36.4 Å². The number of hydrogen-bond acceptors (Lipinski definition) is 3. The Morgan fingerprint density at radius 1 is 1.10 bits per heavy atom. The van der Waals surface area contributed by atoms with Crippen LogP contribution in [0.4, 0.5) is 5.69 Å². The molecule has 0 aliphatic carbocycles. The number of likely N-dealkylation sites (tertiary alicyclic amines) is 1. The molecule has 5 heteroatoms. The second-order valence-corrected chi connectivity index (χ2v) is 7.95. The number of benzene rings is 3. The summed E-state index contributed by atoms with van der Waals surface area (Å²) in [6, 6.07) is 17.2. The molecule has 0 unspecified atom stereocenters. The molecular weight excluding hydrogens is 376 g/mol. The molecule has 0 radical (unpaired) electrons. The van der Waals surface area contributed by atoms with Crippen molar-refractivity contribution in [2.24, 2.45) is 0 Å². The number of aromatic hydroxyl groups is 1. The Balaban J connectivity index is 1.43. The van der Waals surface area contributed by atoms with Gasteiger partial charge in [-0.15, -0.1) is 0 Å². The smallest absolute Gasteiger partial charge is 0.258 e. The molecule has 0 aromatic heterocycles. The normalized spacial score (nSPS) is 16.3. The number of phenolic OH excluding ortho intramolecular Hbond substituents is 1. The van der Waals surface area contributed by atoms with E-state index in [2.05, 4.69) is 12.6 Å².